The summed E-state index contributed by atoms with van der Waals surface area (Å²) in [6.07, 6.45) is 1.82. The number of anilines is 1. The molecule has 1 aliphatic heterocycles. The van der Waals surface area contributed by atoms with Crippen LogP contribution in [0.25, 0.3) is 0 Å². The van der Waals surface area contributed by atoms with Gasteiger partial charge in [-0.25, -0.2) is 0 Å². The molecule has 1 saturated heterocycles. The first-order valence-corrected chi connectivity index (χ1v) is 8.47. The molecule has 24 heavy (non-hydrogen) atoms. The van der Waals surface area contributed by atoms with Gasteiger partial charge in [-0.2, -0.15) is 0 Å². The van der Waals surface area contributed by atoms with E-state index in [4.69, 9.17) is 25.8 Å². The highest BCUT2D eigenvalue weighted by Gasteiger charge is 2.32. The molecule has 128 valence electrons. The lowest BCUT2D eigenvalue weighted by Crippen LogP contribution is -2.44. The zero-order chi connectivity index (χ0) is 16.8. The Labute approximate surface area is 147 Å². The molecule has 2 aromatic rings. The summed E-state index contributed by atoms with van der Waals surface area (Å²) in [5, 5.41) is 4.15. The Morgan fingerprint density at radius 1 is 1.00 bits per heavy atom. The number of halogens is 1. The largest absolute Gasteiger partial charge is 0.457 e. The van der Waals surface area contributed by atoms with Gasteiger partial charge >= 0.3 is 0 Å². The van der Waals surface area contributed by atoms with E-state index < -0.39 is 0 Å². The van der Waals surface area contributed by atoms with Crippen molar-refractivity contribution in [3.63, 3.8) is 0 Å². The summed E-state index contributed by atoms with van der Waals surface area (Å²) >= 11 is 5.88. The molecule has 0 aromatic heterocycles. The van der Waals surface area contributed by atoms with Crippen LogP contribution in [-0.4, -0.2) is 32.5 Å². The molecule has 0 bridgehead atoms. The molecule has 1 aliphatic rings. The van der Waals surface area contributed by atoms with E-state index in [-0.39, 0.29) is 5.60 Å². The molecule has 0 aliphatic carbocycles. The number of rotatable bonds is 6. The number of ether oxygens (including phenoxy) is 3. The van der Waals surface area contributed by atoms with Crippen LogP contribution in [-0.2, 0) is 9.47 Å². The van der Waals surface area contributed by atoms with Crippen LogP contribution < -0.4 is 10.1 Å². The second kappa shape index (κ2) is 7.88. The van der Waals surface area contributed by atoms with E-state index in [1.807, 2.05) is 48.5 Å². The monoisotopic (exact) mass is 347 g/mol. The van der Waals surface area contributed by atoms with Crippen LogP contribution in [0.1, 0.15) is 12.8 Å². The Morgan fingerprint density at radius 2 is 1.58 bits per heavy atom. The third-order valence-corrected chi connectivity index (χ3v) is 4.61. The molecule has 0 atom stereocenters. The topological polar surface area (TPSA) is 39.7 Å². The smallest absolute Gasteiger partial charge is 0.127 e. The first-order chi connectivity index (χ1) is 11.7. The summed E-state index contributed by atoms with van der Waals surface area (Å²) in [5.41, 5.74) is 0.901. The first-order valence-electron chi connectivity index (χ1n) is 8.09. The molecule has 3 rings (SSSR count). The summed E-state index contributed by atoms with van der Waals surface area (Å²) < 4.78 is 17.0. The number of benzene rings is 2. The highest BCUT2D eigenvalue weighted by atomic mass is 35.5. The maximum atomic E-state index is 5.88. The van der Waals surface area contributed by atoms with E-state index in [2.05, 4.69) is 5.32 Å². The molecule has 0 spiro atoms. The Hall–Kier alpha value is -1.75. The lowest BCUT2D eigenvalue weighted by atomic mass is 9.94. The van der Waals surface area contributed by atoms with Gasteiger partial charge in [-0.15, -0.1) is 0 Å². The maximum Gasteiger partial charge on any atom is 0.127 e. The Bertz CT molecular complexity index is 637. The highest BCUT2D eigenvalue weighted by Crippen LogP contribution is 2.27. The zero-order valence-electron chi connectivity index (χ0n) is 13.8. The molecule has 1 heterocycles. The van der Waals surface area contributed by atoms with Crippen molar-refractivity contribution in [3.8, 4) is 11.5 Å². The number of hydrogen-bond donors (Lipinski definition) is 1. The van der Waals surface area contributed by atoms with Crippen LogP contribution >= 0.6 is 11.6 Å². The lowest BCUT2D eigenvalue weighted by Gasteiger charge is -2.36. The van der Waals surface area contributed by atoms with Gasteiger partial charge < -0.3 is 19.5 Å². The summed E-state index contributed by atoms with van der Waals surface area (Å²) in [5.74, 6) is 1.55. The van der Waals surface area contributed by atoms with Crippen molar-refractivity contribution < 1.29 is 14.2 Å². The van der Waals surface area contributed by atoms with Crippen molar-refractivity contribution in [3.05, 3.63) is 53.6 Å². The SMILES string of the molecule is COC1(CNc2ccc(Oc3ccc(Cl)cc3)cc2)CCOCC1. The third-order valence-electron chi connectivity index (χ3n) is 4.36. The molecular weight excluding hydrogens is 326 g/mol. The predicted molar refractivity (Wildman–Crippen MR) is 96.3 cm³/mol. The van der Waals surface area contributed by atoms with Crippen LogP contribution in [0.5, 0.6) is 11.5 Å². The molecule has 1 fully saturated rings. The number of methoxy groups -OCH3 is 1. The summed E-state index contributed by atoms with van der Waals surface area (Å²) in [7, 11) is 1.77. The number of hydrogen-bond acceptors (Lipinski definition) is 4. The molecule has 0 saturated carbocycles. The minimum atomic E-state index is -0.142. The summed E-state index contributed by atoms with van der Waals surface area (Å²) in [4.78, 5) is 0. The van der Waals surface area contributed by atoms with Gasteiger partial charge in [-0.3, -0.25) is 0 Å². The van der Waals surface area contributed by atoms with Gasteiger partial charge in [0.1, 0.15) is 11.5 Å². The Morgan fingerprint density at radius 3 is 2.17 bits per heavy atom. The van der Waals surface area contributed by atoms with Crippen LogP contribution in [0.3, 0.4) is 0 Å². The van der Waals surface area contributed by atoms with E-state index in [9.17, 15) is 0 Å². The second-order valence-electron chi connectivity index (χ2n) is 5.93. The highest BCUT2D eigenvalue weighted by molar-refractivity contribution is 6.30. The number of nitrogens with one attached hydrogen (secondary N) is 1. The minimum Gasteiger partial charge on any atom is -0.457 e. The summed E-state index contributed by atoms with van der Waals surface area (Å²) in [6.45, 7) is 2.27. The fourth-order valence-electron chi connectivity index (χ4n) is 2.74. The van der Waals surface area contributed by atoms with Crippen LogP contribution in [0.2, 0.25) is 5.02 Å². The van der Waals surface area contributed by atoms with Gasteiger partial charge in [0, 0.05) is 50.4 Å². The van der Waals surface area contributed by atoms with Crippen LogP contribution in [0, 0.1) is 0 Å². The molecule has 4 nitrogen and oxygen atoms in total. The molecule has 0 amide bonds. The van der Waals surface area contributed by atoms with Crippen molar-refractivity contribution in [1.29, 1.82) is 0 Å². The fraction of sp³-hybridized carbons (Fsp3) is 0.368. The van der Waals surface area contributed by atoms with Crippen molar-refractivity contribution in [2.24, 2.45) is 0 Å². The van der Waals surface area contributed by atoms with Crippen LogP contribution in [0.15, 0.2) is 48.5 Å². The minimum absolute atomic E-state index is 0.142. The van der Waals surface area contributed by atoms with E-state index in [1.165, 1.54) is 0 Å². The first kappa shape index (κ1) is 17.1. The molecule has 2 aromatic carbocycles. The Balaban J connectivity index is 1.57. The fourth-order valence-corrected chi connectivity index (χ4v) is 2.87. The van der Waals surface area contributed by atoms with E-state index >= 15 is 0 Å². The molecular formula is C19H22ClNO3. The van der Waals surface area contributed by atoms with Gasteiger partial charge in [0.25, 0.3) is 0 Å². The zero-order valence-corrected chi connectivity index (χ0v) is 14.5. The standard InChI is InChI=1S/C19H22ClNO3/c1-22-19(10-12-23-13-11-19)14-21-16-4-8-18(9-5-16)24-17-6-2-15(20)3-7-17/h2-9,21H,10-14H2,1H3. The summed E-state index contributed by atoms with van der Waals surface area (Å²) in [6, 6.07) is 15.2. The van der Waals surface area contributed by atoms with Crippen molar-refractivity contribution >= 4 is 17.3 Å². The normalized spacial score (nSPS) is 16.6. The quantitative estimate of drug-likeness (QED) is 0.819. The van der Waals surface area contributed by atoms with Crippen molar-refractivity contribution in [2.75, 3.05) is 32.2 Å². The Kier molecular flexibility index (Phi) is 5.61. The van der Waals surface area contributed by atoms with Gasteiger partial charge in [0.15, 0.2) is 0 Å². The lowest BCUT2D eigenvalue weighted by molar-refractivity contribution is -0.0807. The van der Waals surface area contributed by atoms with Gasteiger partial charge in [0.05, 0.1) is 5.60 Å². The van der Waals surface area contributed by atoms with Gasteiger partial charge in [-0.1, -0.05) is 11.6 Å². The average Bonchev–Trinajstić information content (AvgIpc) is 2.64. The predicted octanol–water partition coefficient (Wildman–Crippen LogP) is 4.74. The molecule has 0 unspecified atom stereocenters. The van der Waals surface area contributed by atoms with Crippen LogP contribution in [0.4, 0.5) is 5.69 Å². The second-order valence-corrected chi connectivity index (χ2v) is 6.37. The van der Waals surface area contributed by atoms with Crippen molar-refractivity contribution in [1.82, 2.24) is 0 Å². The molecule has 0 radical (unpaired) electrons. The van der Waals surface area contributed by atoms with Crippen molar-refractivity contribution in [2.45, 2.75) is 18.4 Å². The average molecular weight is 348 g/mol. The van der Waals surface area contributed by atoms with E-state index in [0.29, 0.717) is 5.02 Å². The molecule has 1 N–H and O–H groups in total. The maximum absolute atomic E-state index is 5.88. The molecule has 5 heteroatoms. The van der Waals surface area contributed by atoms with Gasteiger partial charge in [-0.05, 0) is 48.5 Å². The third kappa shape index (κ3) is 4.41. The van der Waals surface area contributed by atoms with Gasteiger partial charge in [0.2, 0.25) is 0 Å². The van der Waals surface area contributed by atoms with E-state index in [0.717, 1.165) is 49.8 Å². The van der Waals surface area contributed by atoms with E-state index in [1.54, 1.807) is 7.11 Å².